The minimum Gasteiger partial charge on any atom is -0.197 e. The van der Waals surface area contributed by atoms with Crippen LogP contribution >= 0.6 is 0 Å². The predicted octanol–water partition coefficient (Wildman–Crippen LogP) is 10.1. The van der Waals surface area contributed by atoms with Crippen molar-refractivity contribution in [3.63, 3.8) is 0 Å². The van der Waals surface area contributed by atoms with Crippen LogP contribution in [-0.4, -0.2) is 0 Å². The van der Waals surface area contributed by atoms with Crippen molar-refractivity contribution < 1.29 is 0 Å². The molecule has 6 aromatic carbocycles. The molecule has 0 aromatic heterocycles. The van der Waals surface area contributed by atoms with Crippen molar-refractivity contribution in [2.45, 2.75) is 39.0 Å². The average Bonchev–Trinajstić information content (AvgIpc) is 2.97. The first-order chi connectivity index (χ1) is 18.7. The highest BCUT2D eigenvalue weighted by Gasteiger charge is 2.03. The Balaban J connectivity index is 0.000000155. The van der Waals surface area contributed by atoms with Gasteiger partial charge in [-0.3, -0.25) is 0 Å². The molecule has 0 spiro atoms. The Morgan fingerprint density at radius 3 is 1.58 bits per heavy atom. The Hall–Kier alpha value is -4.66. The van der Waals surface area contributed by atoms with E-state index in [0.29, 0.717) is 0 Å². The van der Waals surface area contributed by atoms with Crippen molar-refractivity contribution in [2.24, 2.45) is 0 Å². The number of unbranched alkanes of at least 4 members (excludes halogenated alkanes) is 2. The average molecular weight is 493 g/mol. The van der Waals surface area contributed by atoms with E-state index >= 15 is 0 Å². The SMILES string of the molecule is CCCCCc1cccc2cc3ccccc3cc12.N#CCC#N.c1ccc2c(c1)ccc1ccccc12. The molecule has 6 rings (SSSR count). The Morgan fingerprint density at radius 1 is 0.500 bits per heavy atom. The number of rotatable bonds is 4. The smallest absolute Gasteiger partial charge is 0.122 e. The lowest BCUT2D eigenvalue weighted by atomic mass is 9.97. The van der Waals surface area contributed by atoms with Crippen LogP contribution in [-0.2, 0) is 6.42 Å². The topological polar surface area (TPSA) is 47.6 Å². The molecule has 0 unspecified atom stereocenters. The normalized spacial score (nSPS) is 10.2. The van der Waals surface area contributed by atoms with Gasteiger partial charge in [0.15, 0.2) is 0 Å². The monoisotopic (exact) mass is 492 g/mol. The fourth-order valence-electron chi connectivity index (χ4n) is 4.81. The van der Waals surface area contributed by atoms with Gasteiger partial charge in [0.2, 0.25) is 0 Å². The number of nitrogens with zero attached hydrogens (tertiary/aromatic N) is 2. The summed E-state index contributed by atoms with van der Waals surface area (Å²) in [5.74, 6) is 0. The van der Waals surface area contributed by atoms with Gasteiger partial charge in [0, 0.05) is 0 Å². The standard InChI is InChI=1S/C19H20.C14H10.C3H2N2/c1-2-3-4-8-15-11-7-12-18-13-16-9-5-6-10-17(16)14-19(15)18;1-3-7-13-11(5-1)9-10-12-6-2-4-8-14(12)13;4-2-1-3-5/h5-7,9-14H,2-4,8H2,1H3;1-10H;1H2. The first-order valence-electron chi connectivity index (χ1n) is 13.3. The number of hydrogen-bond acceptors (Lipinski definition) is 2. The van der Waals surface area contributed by atoms with Gasteiger partial charge in [-0.2, -0.15) is 10.5 Å². The Labute approximate surface area is 225 Å². The van der Waals surface area contributed by atoms with E-state index in [1.807, 2.05) is 0 Å². The van der Waals surface area contributed by atoms with Crippen molar-refractivity contribution >= 4 is 43.1 Å². The first kappa shape index (κ1) is 26.4. The lowest BCUT2D eigenvalue weighted by molar-refractivity contribution is 0.720. The van der Waals surface area contributed by atoms with Crippen LogP contribution in [0.5, 0.6) is 0 Å². The molecule has 0 heterocycles. The van der Waals surface area contributed by atoms with Crippen molar-refractivity contribution in [3.8, 4) is 12.1 Å². The van der Waals surface area contributed by atoms with Crippen LogP contribution in [0.4, 0.5) is 0 Å². The Bertz CT molecular complexity index is 1670. The summed E-state index contributed by atoms with van der Waals surface area (Å²) in [5, 5.41) is 26.0. The highest BCUT2D eigenvalue weighted by Crippen LogP contribution is 2.27. The summed E-state index contributed by atoms with van der Waals surface area (Å²) in [7, 11) is 0. The van der Waals surface area contributed by atoms with E-state index in [1.54, 1.807) is 12.1 Å². The molecule has 0 saturated carbocycles. The quantitative estimate of drug-likeness (QED) is 0.140. The second-order valence-corrected chi connectivity index (χ2v) is 9.30. The maximum Gasteiger partial charge on any atom is 0.122 e. The summed E-state index contributed by atoms with van der Waals surface area (Å²) in [6.07, 6.45) is 5.10. The summed E-state index contributed by atoms with van der Waals surface area (Å²) in [4.78, 5) is 0. The summed E-state index contributed by atoms with van der Waals surface area (Å²) >= 11 is 0. The third kappa shape index (κ3) is 6.56. The van der Waals surface area contributed by atoms with Crippen LogP contribution in [0, 0.1) is 22.7 Å². The van der Waals surface area contributed by atoms with Crippen molar-refractivity contribution in [3.05, 3.63) is 121 Å². The zero-order chi connectivity index (χ0) is 26.6. The highest BCUT2D eigenvalue weighted by molar-refractivity contribution is 6.07. The van der Waals surface area contributed by atoms with E-state index in [4.69, 9.17) is 10.5 Å². The van der Waals surface area contributed by atoms with E-state index in [2.05, 4.69) is 122 Å². The molecule has 0 aliphatic heterocycles. The molecule has 0 saturated heterocycles. The Morgan fingerprint density at radius 2 is 1.03 bits per heavy atom. The van der Waals surface area contributed by atoms with Gasteiger partial charge >= 0.3 is 0 Å². The lowest BCUT2D eigenvalue weighted by Gasteiger charge is -2.08. The maximum absolute atomic E-state index is 7.59. The second-order valence-electron chi connectivity index (χ2n) is 9.30. The van der Waals surface area contributed by atoms with Crippen LogP contribution < -0.4 is 0 Å². The van der Waals surface area contributed by atoms with Crippen molar-refractivity contribution in [1.29, 1.82) is 10.5 Å². The maximum atomic E-state index is 7.59. The molecule has 6 aromatic rings. The third-order valence-corrected chi connectivity index (χ3v) is 6.70. The summed E-state index contributed by atoms with van der Waals surface area (Å²) in [5.41, 5.74) is 1.50. The molecule has 0 bridgehead atoms. The molecule has 0 atom stereocenters. The lowest BCUT2D eigenvalue weighted by Crippen LogP contribution is -1.88. The molecule has 0 N–H and O–H groups in total. The second kappa shape index (κ2) is 13.6. The van der Waals surface area contributed by atoms with Crippen LogP contribution in [0.25, 0.3) is 43.1 Å². The summed E-state index contributed by atoms with van der Waals surface area (Å²) in [6.45, 7) is 2.26. The molecule has 2 heteroatoms. The molecule has 0 aliphatic rings. The molecular formula is C36H32N2. The van der Waals surface area contributed by atoms with E-state index in [-0.39, 0.29) is 6.42 Å². The zero-order valence-corrected chi connectivity index (χ0v) is 21.9. The number of hydrogen-bond donors (Lipinski definition) is 0. The van der Waals surface area contributed by atoms with Gasteiger partial charge in [-0.1, -0.05) is 123 Å². The summed E-state index contributed by atoms with van der Waals surface area (Å²) in [6, 6.07) is 44.7. The van der Waals surface area contributed by atoms with Crippen molar-refractivity contribution in [2.75, 3.05) is 0 Å². The molecular weight excluding hydrogens is 460 g/mol. The zero-order valence-electron chi connectivity index (χ0n) is 21.9. The molecule has 0 radical (unpaired) electrons. The van der Waals surface area contributed by atoms with Crippen LogP contribution in [0.15, 0.2) is 115 Å². The molecule has 38 heavy (non-hydrogen) atoms. The minimum atomic E-state index is 0. The highest BCUT2D eigenvalue weighted by atomic mass is 14.3. The van der Waals surface area contributed by atoms with Gasteiger partial charge in [0.1, 0.15) is 6.42 Å². The van der Waals surface area contributed by atoms with Gasteiger partial charge in [-0.05, 0) is 73.6 Å². The summed E-state index contributed by atoms with van der Waals surface area (Å²) < 4.78 is 0. The van der Waals surface area contributed by atoms with E-state index in [0.717, 1.165) is 0 Å². The molecule has 0 fully saturated rings. The van der Waals surface area contributed by atoms with E-state index in [9.17, 15) is 0 Å². The van der Waals surface area contributed by atoms with Gasteiger partial charge < -0.3 is 0 Å². The largest absolute Gasteiger partial charge is 0.197 e. The number of fused-ring (bicyclic) bond motifs is 5. The predicted molar refractivity (Wildman–Crippen MR) is 162 cm³/mol. The van der Waals surface area contributed by atoms with Crippen LogP contribution in [0.2, 0.25) is 0 Å². The fourth-order valence-corrected chi connectivity index (χ4v) is 4.81. The first-order valence-corrected chi connectivity index (χ1v) is 13.3. The molecule has 2 nitrogen and oxygen atoms in total. The van der Waals surface area contributed by atoms with E-state index < -0.39 is 0 Å². The fraction of sp³-hybridized carbons (Fsp3) is 0.167. The van der Waals surface area contributed by atoms with Gasteiger partial charge in [-0.15, -0.1) is 0 Å². The molecule has 0 aliphatic carbocycles. The van der Waals surface area contributed by atoms with Crippen LogP contribution in [0.3, 0.4) is 0 Å². The van der Waals surface area contributed by atoms with Crippen molar-refractivity contribution in [1.82, 2.24) is 0 Å². The Kier molecular flexibility index (Phi) is 9.45. The minimum absolute atomic E-state index is 0. The van der Waals surface area contributed by atoms with Crippen LogP contribution in [0.1, 0.15) is 38.2 Å². The van der Waals surface area contributed by atoms with E-state index in [1.165, 1.54) is 74.3 Å². The third-order valence-electron chi connectivity index (χ3n) is 6.70. The number of benzene rings is 6. The molecule has 0 amide bonds. The number of aryl methyl sites for hydroxylation is 1. The number of nitriles is 2. The molecule has 186 valence electrons. The van der Waals surface area contributed by atoms with Gasteiger partial charge in [0.05, 0.1) is 12.1 Å². The van der Waals surface area contributed by atoms with Gasteiger partial charge in [-0.25, -0.2) is 0 Å². The van der Waals surface area contributed by atoms with Gasteiger partial charge in [0.25, 0.3) is 0 Å².